The molecule has 0 bridgehead atoms. The van der Waals surface area contributed by atoms with E-state index in [4.69, 9.17) is 4.74 Å². The van der Waals surface area contributed by atoms with E-state index in [2.05, 4.69) is 28.7 Å². The van der Waals surface area contributed by atoms with Gasteiger partial charge in [0.1, 0.15) is 12.3 Å². The number of aromatic nitrogens is 3. The van der Waals surface area contributed by atoms with Crippen molar-refractivity contribution in [1.82, 2.24) is 14.5 Å². The molecule has 6 nitrogen and oxygen atoms in total. The lowest BCUT2D eigenvalue weighted by Crippen LogP contribution is -2.30. The number of ketones is 1. The van der Waals surface area contributed by atoms with Crippen LogP contribution in [-0.2, 0) is 13.0 Å². The molecule has 0 radical (unpaired) electrons. The minimum Gasteiger partial charge on any atom is -0.488 e. The highest BCUT2D eigenvalue weighted by Gasteiger charge is 2.34. The quantitative estimate of drug-likeness (QED) is 0.847. The van der Waals surface area contributed by atoms with Crippen LogP contribution in [0.2, 0.25) is 0 Å². The van der Waals surface area contributed by atoms with Gasteiger partial charge in [-0.25, -0.2) is 9.97 Å². The Kier molecular flexibility index (Phi) is 3.37. The first-order chi connectivity index (χ1) is 11.4. The monoisotopic (exact) mass is 326 g/mol. The zero-order chi connectivity index (χ0) is 16.9. The van der Waals surface area contributed by atoms with Gasteiger partial charge in [0, 0.05) is 19.7 Å². The van der Waals surface area contributed by atoms with E-state index in [-0.39, 0.29) is 11.2 Å². The van der Waals surface area contributed by atoms with Crippen LogP contribution in [-0.4, -0.2) is 40.5 Å². The number of fused-ring (bicyclic) bond motifs is 2. The summed E-state index contributed by atoms with van der Waals surface area (Å²) in [5.74, 6) is 1.86. The molecule has 0 aromatic carbocycles. The number of likely N-dealkylation sites (N-methyl/N-ethyl adjacent to an activating group) is 1. The molecule has 0 N–H and O–H groups in total. The van der Waals surface area contributed by atoms with Crippen molar-refractivity contribution < 1.29 is 9.53 Å². The van der Waals surface area contributed by atoms with Gasteiger partial charge in [-0.2, -0.15) is 0 Å². The van der Waals surface area contributed by atoms with Crippen LogP contribution in [0.1, 0.15) is 42.0 Å². The highest BCUT2D eigenvalue weighted by Crippen LogP contribution is 2.34. The lowest BCUT2D eigenvalue weighted by atomic mass is 9.77. The van der Waals surface area contributed by atoms with Crippen LogP contribution in [0.25, 0.3) is 0 Å². The maximum atomic E-state index is 12.5. The molecule has 0 amide bonds. The Morgan fingerprint density at radius 1 is 1.29 bits per heavy atom. The summed E-state index contributed by atoms with van der Waals surface area (Å²) in [6, 6.07) is 2.02. The maximum Gasteiger partial charge on any atom is 0.181 e. The minimum absolute atomic E-state index is 0.00489. The largest absolute Gasteiger partial charge is 0.488 e. The Morgan fingerprint density at radius 2 is 2.12 bits per heavy atom. The summed E-state index contributed by atoms with van der Waals surface area (Å²) in [5, 5.41) is 0. The zero-order valence-corrected chi connectivity index (χ0v) is 14.4. The third-order valence-electron chi connectivity index (χ3n) is 4.75. The molecule has 0 saturated heterocycles. The van der Waals surface area contributed by atoms with Crippen molar-refractivity contribution >= 4 is 11.6 Å². The molecule has 0 saturated carbocycles. The van der Waals surface area contributed by atoms with E-state index < -0.39 is 0 Å². The third kappa shape index (κ3) is 2.56. The van der Waals surface area contributed by atoms with Crippen LogP contribution in [0.4, 0.5) is 5.82 Å². The van der Waals surface area contributed by atoms with Gasteiger partial charge in [0.2, 0.25) is 0 Å². The number of nitrogens with zero attached hydrogens (tertiary/aromatic N) is 4. The summed E-state index contributed by atoms with van der Waals surface area (Å²) in [5.41, 5.74) is 2.68. The molecule has 1 aliphatic heterocycles. The number of hydrogen-bond donors (Lipinski definition) is 0. The number of pyridine rings is 1. The average Bonchev–Trinajstić information content (AvgIpc) is 2.89. The number of carbonyl (C=O) groups excluding carboxylic acids is 1. The first kappa shape index (κ1) is 15.2. The lowest BCUT2D eigenvalue weighted by Gasteiger charge is -2.28. The van der Waals surface area contributed by atoms with Crippen molar-refractivity contribution in [3.05, 3.63) is 35.5 Å². The molecule has 1 aliphatic carbocycles. The van der Waals surface area contributed by atoms with Gasteiger partial charge in [-0.3, -0.25) is 4.79 Å². The SMILES string of the molecule is CN1CCOc2cc(Cn3cnc4c3C(=O)CC(C)(C)C4)cnc21. The Bertz CT molecular complexity index is 809. The number of imidazole rings is 1. The van der Waals surface area contributed by atoms with Crippen molar-refractivity contribution in [3.8, 4) is 5.75 Å². The number of rotatable bonds is 2. The first-order valence-electron chi connectivity index (χ1n) is 8.33. The van der Waals surface area contributed by atoms with Gasteiger partial charge in [0.25, 0.3) is 0 Å². The second-order valence-electron chi connectivity index (χ2n) is 7.54. The van der Waals surface area contributed by atoms with Gasteiger partial charge >= 0.3 is 0 Å². The molecule has 2 aromatic heterocycles. The van der Waals surface area contributed by atoms with Gasteiger partial charge in [-0.15, -0.1) is 0 Å². The molecule has 0 unspecified atom stereocenters. The highest BCUT2D eigenvalue weighted by molar-refractivity contribution is 5.97. The van der Waals surface area contributed by atoms with Crippen LogP contribution < -0.4 is 9.64 Å². The normalized spacial score (nSPS) is 18.8. The second-order valence-corrected chi connectivity index (χ2v) is 7.54. The van der Waals surface area contributed by atoms with E-state index >= 15 is 0 Å². The van der Waals surface area contributed by atoms with Crippen molar-refractivity contribution in [2.75, 3.05) is 25.1 Å². The Labute approximate surface area is 141 Å². The van der Waals surface area contributed by atoms with E-state index in [1.165, 1.54) is 0 Å². The molecule has 2 aromatic rings. The number of anilines is 1. The fourth-order valence-electron chi connectivity index (χ4n) is 3.58. The molecular weight excluding hydrogens is 304 g/mol. The van der Waals surface area contributed by atoms with Gasteiger partial charge in [-0.05, 0) is 23.5 Å². The Morgan fingerprint density at radius 3 is 2.96 bits per heavy atom. The number of ether oxygens (including phenoxy) is 1. The summed E-state index contributed by atoms with van der Waals surface area (Å²) >= 11 is 0. The van der Waals surface area contributed by atoms with E-state index in [1.807, 2.05) is 23.9 Å². The number of hydrogen-bond acceptors (Lipinski definition) is 5. The van der Waals surface area contributed by atoms with Crippen LogP contribution in [0.15, 0.2) is 18.6 Å². The predicted molar refractivity (Wildman–Crippen MR) is 90.8 cm³/mol. The predicted octanol–water partition coefficient (Wildman–Crippen LogP) is 2.31. The molecule has 0 atom stereocenters. The third-order valence-corrected chi connectivity index (χ3v) is 4.75. The lowest BCUT2D eigenvalue weighted by molar-refractivity contribution is 0.0901. The maximum absolute atomic E-state index is 12.5. The number of carbonyl (C=O) groups is 1. The van der Waals surface area contributed by atoms with Crippen LogP contribution in [0.3, 0.4) is 0 Å². The van der Waals surface area contributed by atoms with Crippen LogP contribution in [0.5, 0.6) is 5.75 Å². The molecule has 4 rings (SSSR count). The summed E-state index contributed by atoms with van der Waals surface area (Å²) in [6.45, 7) is 6.34. The number of Topliss-reactive ketones (excluding diaryl/α,β-unsaturated/α-hetero) is 1. The minimum atomic E-state index is -0.00489. The summed E-state index contributed by atoms with van der Waals surface area (Å²) < 4.78 is 7.67. The molecule has 0 fully saturated rings. The second kappa shape index (κ2) is 5.33. The van der Waals surface area contributed by atoms with E-state index in [0.717, 1.165) is 41.5 Å². The fraction of sp³-hybridized carbons (Fsp3) is 0.500. The average molecular weight is 326 g/mol. The standard InChI is InChI=1S/C18H22N4O2/c1-18(2)7-13-16(14(23)8-18)22(11-20-13)10-12-6-15-17(19-9-12)21(3)4-5-24-15/h6,9,11H,4-5,7-8,10H2,1-3H3. The molecule has 24 heavy (non-hydrogen) atoms. The summed E-state index contributed by atoms with van der Waals surface area (Å²) in [6.07, 6.45) is 5.05. The molecule has 0 spiro atoms. The summed E-state index contributed by atoms with van der Waals surface area (Å²) in [4.78, 5) is 23.6. The van der Waals surface area contributed by atoms with Crippen molar-refractivity contribution in [3.63, 3.8) is 0 Å². The van der Waals surface area contributed by atoms with E-state index in [0.29, 0.717) is 19.6 Å². The Hall–Kier alpha value is -2.37. The van der Waals surface area contributed by atoms with Gasteiger partial charge in [0.05, 0.1) is 25.1 Å². The van der Waals surface area contributed by atoms with Crippen LogP contribution >= 0.6 is 0 Å². The van der Waals surface area contributed by atoms with E-state index in [9.17, 15) is 4.79 Å². The Balaban J connectivity index is 1.64. The van der Waals surface area contributed by atoms with E-state index in [1.54, 1.807) is 6.33 Å². The highest BCUT2D eigenvalue weighted by atomic mass is 16.5. The molecular formula is C18H22N4O2. The molecule has 2 aliphatic rings. The zero-order valence-electron chi connectivity index (χ0n) is 14.4. The molecule has 6 heteroatoms. The first-order valence-corrected chi connectivity index (χ1v) is 8.33. The smallest absolute Gasteiger partial charge is 0.181 e. The molecule has 3 heterocycles. The van der Waals surface area contributed by atoms with Crippen LogP contribution in [0, 0.1) is 5.41 Å². The topological polar surface area (TPSA) is 60.2 Å². The van der Waals surface area contributed by atoms with Crippen molar-refractivity contribution in [2.24, 2.45) is 5.41 Å². The van der Waals surface area contributed by atoms with Crippen molar-refractivity contribution in [1.29, 1.82) is 0 Å². The van der Waals surface area contributed by atoms with Crippen molar-refractivity contribution in [2.45, 2.75) is 33.2 Å². The fourth-order valence-corrected chi connectivity index (χ4v) is 3.58. The summed E-state index contributed by atoms with van der Waals surface area (Å²) in [7, 11) is 2.01. The van der Waals surface area contributed by atoms with Gasteiger partial charge in [0.15, 0.2) is 17.4 Å². The van der Waals surface area contributed by atoms with Gasteiger partial charge in [-0.1, -0.05) is 13.8 Å². The van der Waals surface area contributed by atoms with Gasteiger partial charge < -0.3 is 14.2 Å². The molecule has 126 valence electrons.